The zero-order valence-electron chi connectivity index (χ0n) is 11.0. The number of nitrogens with zero attached hydrogens (tertiary/aromatic N) is 2. The highest BCUT2D eigenvalue weighted by Gasteiger charge is 2.08. The molecule has 1 aromatic carbocycles. The lowest BCUT2D eigenvalue weighted by Gasteiger charge is -2.07. The highest BCUT2D eigenvalue weighted by molar-refractivity contribution is 6.29. The van der Waals surface area contributed by atoms with Gasteiger partial charge in [0, 0.05) is 5.56 Å². The number of amides is 1. The van der Waals surface area contributed by atoms with Crippen LogP contribution in [0.1, 0.15) is 23.7 Å². The second kappa shape index (κ2) is 6.86. The predicted octanol–water partition coefficient (Wildman–Crippen LogP) is 3.17. The lowest BCUT2D eigenvalue weighted by Crippen LogP contribution is -2.13. The third kappa shape index (κ3) is 3.93. The van der Waals surface area contributed by atoms with Crippen LogP contribution in [0.2, 0.25) is 5.15 Å². The molecule has 104 valence electrons. The average Bonchev–Trinajstić information content (AvgIpc) is 2.48. The maximum atomic E-state index is 12.1. The Labute approximate surface area is 122 Å². The number of carbonyl (C=O) groups excluding carboxylic acids is 1. The Morgan fingerprint density at radius 2 is 2.20 bits per heavy atom. The molecule has 0 aliphatic rings. The molecule has 0 saturated heterocycles. The molecule has 0 saturated carbocycles. The highest BCUT2D eigenvalue weighted by atomic mass is 35.5. The molecule has 0 aliphatic heterocycles. The van der Waals surface area contributed by atoms with Crippen molar-refractivity contribution in [2.75, 3.05) is 11.9 Å². The van der Waals surface area contributed by atoms with Gasteiger partial charge in [-0.05, 0) is 24.6 Å². The van der Waals surface area contributed by atoms with Crippen LogP contribution >= 0.6 is 11.6 Å². The number of aromatic nitrogens is 2. The number of hydrogen-bond donors (Lipinski definition) is 1. The van der Waals surface area contributed by atoms with Gasteiger partial charge < -0.3 is 10.1 Å². The van der Waals surface area contributed by atoms with Gasteiger partial charge in [-0.1, -0.05) is 24.6 Å². The van der Waals surface area contributed by atoms with Crippen LogP contribution in [0.5, 0.6) is 5.75 Å². The van der Waals surface area contributed by atoms with Crippen LogP contribution in [-0.2, 0) is 0 Å². The summed E-state index contributed by atoms with van der Waals surface area (Å²) in [5, 5.41) is 2.92. The van der Waals surface area contributed by atoms with Crippen LogP contribution in [0.25, 0.3) is 0 Å². The Balaban J connectivity index is 2.06. The topological polar surface area (TPSA) is 64.1 Å². The van der Waals surface area contributed by atoms with Gasteiger partial charge in [0.15, 0.2) is 5.82 Å². The molecule has 1 amide bonds. The van der Waals surface area contributed by atoms with Crippen molar-refractivity contribution in [2.45, 2.75) is 13.3 Å². The Kier molecular flexibility index (Phi) is 4.90. The van der Waals surface area contributed by atoms with E-state index in [1.165, 1.54) is 12.4 Å². The monoisotopic (exact) mass is 291 g/mol. The number of benzene rings is 1. The first kappa shape index (κ1) is 14.3. The Bertz CT molecular complexity index is 587. The molecule has 2 aromatic rings. The number of hydrogen-bond acceptors (Lipinski definition) is 4. The van der Waals surface area contributed by atoms with E-state index in [1.54, 1.807) is 18.2 Å². The molecule has 6 heteroatoms. The van der Waals surface area contributed by atoms with Gasteiger partial charge in [-0.2, -0.15) is 0 Å². The fourth-order valence-electron chi connectivity index (χ4n) is 1.51. The summed E-state index contributed by atoms with van der Waals surface area (Å²) in [6, 6.07) is 6.98. The number of rotatable bonds is 5. The van der Waals surface area contributed by atoms with Gasteiger partial charge >= 0.3 is 0 Å². The van der Waals surface area contributed by atoms with Crippen LogP contribution in [0.15, 0.2) is 36.7 Å². The molecule has 0 radical (unpaired) electrons. The zero-order valence-corrected chi connectivity index (χ0v) is 11.7. The van der Waals surface area contributed by atoms with E-state index >= 15 is 0 Å². The molecular formula is C14H14ClN3O2. The van der Waals surface area contributed by atoms with Crippen molar-refractivity contribution in [3.8, 4) is 5.75 Å². The molecule has 20 heavy (non-hydrogen) atoms. The number of halogens is 1. The van der Waals surface area contributed by atoms with Crippen molar-refractivity contribution in [1.82, 2.24) is 9.97 Å². The summed E-state index contributed by atoms with van der Waals surface area (Å²) in [6.45, 7) is 2.64. The largest absolute Gasteiger partial charge is 0.494 e. The minimum absolute atomic E-state index is 0.274. The van der Waals surface area contributed by atoms with Gasteiger partial charge in [0.05, 0.1) is 19.0 Å². The van der Waals surface area contributed by atoms with Crippen LogP contribution in [-0.4, -0.2) is 22.5 Å². The molecule has 0 fully saturated rings. The summed E-state index contributed by atoms with van der Waals surface area (Å²) in [5.74, 6) is 0.740. The number of ether oxygens (including phenoxy) is 1. The van der Waals surface area contributed by atoms with Crippen LogP contribution < -0.4 is 10.1 Å². The van der Waals surface area contributed by atoms with Crippen molar-refractivity contribution in [3.05, 3.63) is 47.4 Å². The van der Waals surface area contributed by atoms with Crippen molar-refractivity contribution >= 4 is 23.3 Å². The van der Waals surface area contributed by atoms with Crippen molar-refractivity contribution in [1.29, 1.82) is 0 Å². The van der Waals surface area contributed by atoms with Gasteiger partial charge in [0.25, 0.3) is 5.91 Å². The molecule has 2 rings (SSSR count). The van der Waals surface area contributed by atoms with E-state index in [0.717, 1.165) is 6.42 Å². The first-order valence-electron chi connectivity index (χ1n) is 6.21. The lowest BCUT2D eigenvalue weighted by atomic mass is 10.2. The normalized spacial score (nSPS) is 10.1. The Hall–Kier alpha value is -2.14. The van der Waals surface area contributed by atoms with Crippen molar-refractivity contribution < 1.29 is 9.53 Å². The first-order valence-corrected chi connectivity index (χ1v) is 6.58. The van der Waals surface area contributed by atoms with Crippen LogP contribution in [0.3, 0.4) is 0 Å². The Morgan fingerprint density at radius 1 is 1.35 bits per heavy atom. The van der Waals surface area contributed by atoms with E-state index in [4.69, 9.17) is 16.3 Å². The minimum Gasteiger partial charge on any atom is -0.494 e. The molecular weight excluding hydrogens is 278 g/mol. The standard InChI is InChI=1S/C14H14ClN3O2/c1-2-6-20-11-5-3-4-10(7-11)14(19)18-13-9-16-12(15)8-17-13/h3-5,7-9H,2,6H2,1H3,(H,17,18,19). The maximum absolute atomic E-state index is 12.1. The predicted molar refractivity (Wildman–Crippen MR) is 77.2 cm³/mol. The molecule has 0 atom stereocenters. The Morgan fingerprint density at radius 3 is 2.90 bits per heavy atom. The number of nitrogens with one attached hydrogen (secondary N) is 1. The number of carbonyl (C=O) groups is 1. The zero-order chi connectivity index (χ0) is 14.4. The van der Waals surface area contributed by atoms with E-state index in [2.05, 4.69) is 15.3 Å². The summed E-state index contributed by atoms with van der Waals surface area (Å²) >= 11 is 5.63. The molecule has 1 N–H and O–H groups in total. The van der Waals surface area contributed by atoms with Crippen LogP contribution in [0, 0.1) is 0 Å². The summed E-state index contributed by atoms with van der Waals surface area (Å²) in [7, 11) is 0. The van der Waals surface area contributed by atoms with Gasteiger partial charge in [-0.25, -0.2) is 9.97 Å². The first-order chi connectivity index (χ1) is 9.69. The molecule has 1 heterocycles. The fraction of sp³-hybridized carbons (Fsp3) is 0.214. The SMILES string of the molecule is CCCOc1cccc(C(=O)Nc2cnc(Cl)cn2)c1. The molecule has 0 bridgehead atoms. The summed E-state index contributed by atoms with van der Waals surface area (Å²) in [6.07, 6.45) is 3.69. The average molecular weight is 292 g/mol. The smallest absolute Gasteiger partial charge is 0.256 e. The van der Waals surface area contributed by atoms with Crippen molar-refractivity contribution in [3.63, 3.8) is 0 Å². The quantitative estimate of drug-likeness (QED) is 0.919. The minimum atomic E-state index is -0.274. The third-order valence-electron chi connectivity index (χ3n) is 2.43. The number of anilines is 1. The van der Waals surface area contributed by atoms with Gasteiger partial charge in [-0.15, -0.1) is 0 Å². The van der Waals surface area contributed by atoms with E-state index in [-0.39, 0.29) is 11.1 Å². The van der Waals surface area contributed by atoms with E-state index in [9.17, 15) is 4.79 Å². The third-order valence-corrected chi connectivity index (χ3v) is 2.63. The second-order valence-corrected chi connectivity index (χ2v) is 4.44. The van der Waals surface area contributed by atoms with Gasteiger partial charge in [0.2, 0.25) is 0 Å². The van der Waals surface area contributed by atoms with E-state index in [0.29, 0.717) is 23.7 Å². The molecule has 0 aliphatic carbocycles. The van der Waals surface area contributed by atoms with E-state index < -0.39 is 0 Å². The molecule has 0 spiro atoms. The highest BCUT2D eigenvalue weighted by Crippen LogP contribution is 2.15. The van der Waals surface area contributed by atoms with Gasteiger partial charge in [-0.3, -0.25) is 4.79 Å². The fourth-order valence-corrected chi connectivity index (χ4v) is 1.61. The summed E-state index contributed by atoms with van der Waals surface area (Å²) in [5.41, 5.74) is 0.496. The summed E-state index contributed by atoms with van der Waals surface area (Å²) < 4.78 is 5.49. The van der Waals surface area contributed by atoms with Gasteiger partial charge in [0.1, 0.15) is 10.9 Å². The summed E-state index contributed by atoms with van der Waals surface area (Å²) in [4.78, 5) is 19.9. The molecule has 0 unspecified atom stereocenters. The second-order valence-electron chi connectivity index (χ2n) is 4.05. The molecule has 1 aromatic heterocycles. The molecule has 5 nitrogen and oxygen atoms in total. The lowest BCUT2D eigenvalue weighted by molar-refractivity contribution is 0.102. The van der Waals surface area contributed by atoms with Crippen LogP contribution in [0.4, 0.5) is 5.82 Å². The maximum Gasteiger partial charge on any atom is 0.256 e. The van der Waals surface area contributed by atoms with Crippen molar-refractivity contribution in [2.24, 2.45) is 0 Å². The van der Waals surface area contributed by atoms with E-state index in [1.807, 2.05) is 13.0 Å².